The molecule has 0 unspecified atom stereocenters. The number of thiophene rings is 1. The maximum atomic E-state index is 10.4. The summed E-state index contributed by atoms with van der Waals surface area (Å²) in [6.45, 7) is 1.20. The second-order valence-corrected chi connectivity index (χ2v) is 5.84. The molecule has 0 fully saturated rings. The molecule has 17 heavy (non-hydrogen) atoms. The van der Waals surface area contributed by atoms with Gasteiger partial charge in [0.1, 0.15) is 0 Å². The molecule has 1 rings (SSSR count). The van der Waals surface area contributed by atoms with Crippen molar-refractivity contribution in [2.45, 2.75) is 19.3 Å². The van der Waals surface area contributed by atoms with E-state index in [4.69, 9.17) is 9.29 Å². The van der Waals surface area contributed by atoms with E-state index in [1.165, 1.54) is 5.56 Å². The third-order valence-electron chi connectivity index (χ3n) is 2.06. The Morgan fingerprint density at radius 2 is 2.06 bits per heavy atom. The van der Waals surface area contributed by atoms with Gasteiger partial charge in [-0.1, -0.05) is 0 Å². The topological polar surface area (TPSA) is 63.6 Å². The number of rotatable bonds is 8. The minimum Gasteiger partial charge on any atom is -0.381 e. The summed E-state index contributed by atoms with van der Waals surface area (Å²) >= 11 is 1.66. The van der Waals surface area contributed by atoms with Crippen molar-refractivity contribution in [2.75, 3.05) is 19.0 Å². The van der Waals surface area contributed by atoms with E-state index in [2.05, 4.69) is 11.4 Å². The van der Waals surface area contributed by atoms with Gasteiger partial charge in [-0.25, -0.2) is 0 Å². The maximum absolute atomic E-state index is 10.4. The summed E-state index contributed by atoms with van der Waals surface area (Å²) in [7, 11) is -3.81. The molecular formula is C10H16NaO4S2. The molecular weight excluding hydrogens is 271 g/mol. The largest absolute Gasteiger partial charge is 0.381 e. The van der Waals surface area contributed by atoms with Gasteiger partial charge >= 0.3 is 0 Å². The fourth-order valence-corrected chi connectivity index (χ4v) is 2.49. The first-order valence-electron chi connectivity index (χ1n) is 5.12. The normalized spacial score (nSPS) is 11.1. The average molecular weight is 287 g/mol. The van der Waals surface area contributed by atoms with Gasteiger partial charge in [-0.05, 0) is 41.7 Å². The van der Waals surface area contributed by atoms with Crippen LogP contribution in [-0.2, 0) is 21.3 Å². The number of ether oxygens (including phenoxy) is 1. The summed E-state index contributed by atoms with van der Waals surface area (Å²) in [5.41, 5.74) is 1.27. The average Bonchev–Trinajstić information content (AvgIpc) is 2.67. The van der Waals surface area contributed by atoms with E-state index in [0.29, 0.717) is 26.1 Å². The Hall–Kier alpha value is 0.570. The second kappa shape index (κ2) is 9.49. The van der Waals surface area contributed by atoms with Crippen LogP contribution >= 0.6 is 11.3 Å². The number of unbranched alkanes of at least 4 members (excludes halogenated alkanes) is 1. The standard InChI is InChI=1S/C10H16O4S2.Na/c11-16(12,13)8-2-1-5-14-6-3-10-4-7-15-9-10;/h4,7,9H,1-3,5-6,8H2,(H,11,12,13);. The van der Waals surface area contributed by atoms with Crippen LogP contribution in [-0.4, -0.2) is 61.5 Å². The molecule has 0 bridgehead atoms. The Morgan fingerprint density at radius 1 is 1.29 bits per heavy atom. The summed E-state index contributed by atoms with van der Waals surface area (Å²) in [6, 6.07) is 2.06. The molecule has 1 aromatic rings. The summed E-state index contributed by atoms with van der Waals surface area (Å²) < 4.78 is 34.6. The molecule has 0 saturated carbocycles. The smallest absolute Gasteiger partial charge is 0.264 e. The molecule has 0 aliphatic rings. The molecule has 0 aromatic carbocycles. The predicted octanol–water partition coefficient (Wildman–Crippen LogP) is 1.59. The predicted molar refractivity (Wildman–Crippen MR) is 70.2 cm³/mol. The van der Waals surface area contributed by atoms with Crippen LogP contribution in [0.2, 0.25) is 0 Å². The van der Waals surface area contributed by atoms with Crippen LogP contribution in [0.5, 0.6) is 0 Å². The number of hydrogen-bond acceptors (Lipinski definition) is 4. The molecule has 0 aliphatic heterocycles. The van der Waals surface area contributed by atoms with E-state index in [0.717, 1.165) is 6.42 Å². The molecule has 4 nitrogen and oxygen atoms in total. The maximum Gasteiger partial charge on any atom is 0.264 e. The van der Waals surface area contributed by atoms with Gasteiger partial charge < -0.3 is 4.74 Å². The Kier molecular flexibility index (Phi) is 9.81. The molecule has 93 valence electrons. The zero-order chi connectivity index (χ0) is 11.9. The van der Waals surface area contributed by atoms with E-state index in [1.807, 2.05) is 5.38 Å². The van der Waals surface area contributed by atoms with Crippen molar-refractivity contribution in [2.24, 2.45) is 0 Å². The molecule has 0 atom stereocenters. The first-order chi connectivity index (χ1) is 7.58. The molecule has 1 radical (unpaired) electrons. The fourth-order valence-electron chi connectivity index (χ4n) is 1.22. The van der Waals surface area contributed by atoms with E-state index < -0.39 is 10.1 Å². The van der Waals surface area contributed by atoms with Crippen molar-refractivity contribution >= 4 is 51.0 Å². The monoisotopic (exact) mass is 287 g/mol. The quantitative estimate of drug-likeness (QED) is 0.448. The van der Waals surface area contributed by atoms with Crippen LogP contribution in [0.4, 0.5) is 0 Å². The minimum absolute atomic E-state index is 0. The molecule has 0 aliphatic carbocycles. The van der Waals surface area contributed by atoms with Gasteiger partial charge in [0.2, 0.25) is 0 Å². The SMILES string of the molecule is O=S(=O)(O)CCCCOCCc1ccsc1.[Na]. The summed E-state index contributed by atoms with van der Waals surface area (Å²) in [4.78, 5) is 0. The van der Waals surface area contributed by atoms with Gasteiger partial charge in [0.15, 0.2) is 0 Å². The molecule has 1 N–H and O–H groups in total. The molecule has 0 spiro atoms. The van der Waals surface area contributed by atoms with Gasteiger partial charge in [-0.15, -0.1) is 0 Å². The van der Waals surface area contributed by atoms with Gasteiger partial charge in [0, 0.05) is 36.2 Å². The van der Waals surface area contributed by atoms with Crippen molar-refractivity contribution in [3.63, 3.8) is 0 Å². The fraction of sp³-hybridized carbons (Fsp3) is 0.600. The van der Waals surface area contributed by atoms with Crippen LogP contribution < -0.4 is 0 Å². The van der Waals surface area contributed by atoms with Gasteiger partial charge in [0.05, 0.1) is 12.4 Å². The molecule has 1 heterocycles. The first-order valence-corrected chi connectivity index (χ1v) is 7.67. The van der Waals surface area contributed by atoms with Gasteiger partial charge in [0.25, 0.3) is 10.1 Å². The van der Waals surface area contributed by atoms with E-state index in [-0.39, 0.29) is 35.3 Å². The third kappa shape index (κ3) is 10.2. The van der Waals surface area contributed by atoms with Crippen molar-refractivity contribution in [3.05, 3.63) is 22.4 Å². The van der Waals surface area contributed by atoms with Crippen molar-refractivity contribution in [3.8, 4) is 0 Å². The minimum atomic E-state index is -3.81. The van der Waals surface area contributed by atoms with Crippen LogP contribution in [0.15, 0.2) is 16.8 Å². The van der Waals surface area contributed by atoms with Crippen molar-refractivity contribution < 1.29 is 17.7 Å². The van der Waals surface area contributed by atoms with Crippen LogP contribution in [0.1, 0.15) is 18.4 Å². The van der Waals surface area contributed by atoms with Crippen LogP contribution in [0.25, 0.3) is 0 Å². The Bertz CT molecular complexity index is 375. The Balaban J connectivity index is 0.00000256. The van der Waals surface area contributed by atoms with Gasteiger partial charge in [-0.3, -0.25) is 4.55 Å². The number of hydrogen-bond donors (Lipinski definition) is 1. The summed E-state index contributed by atoms with van der Waals surface area (Å²) in [5, 5.41) is 4.11. The van der Waals surface area contributed by atoms with E-state index in [1.54, 1.807) is 11.3 Å². The Morgan fingerprint density at radius 3 is 2.65 bits per heavy atom. The zero-order valence-corrected chi connectivity index (χ0v) is 13.6. The molecule has 1 aromatic heterocycles. The molecule has 7 heteroatoms. The van der Waals surface area contributed by atoms with E-state index >= 15 is 0 Å². The van der Waals surface area contributed by atoms with Crippen LogP contribution in [0, 0.1) is 0 Å². The first kappa shape index (κ1) is 17.6. The second-order valence-electron chi connectivity index (χ2n) is 3.49. The Labute approximate surface area is 128 Å². The van der Waals surface area contributed by atoms with Gasteiger partial charge in [-0.2, -0.15) is 19.8 Å². The van der Waals surface area contributed by atoms with Crippen molar-refractivity contribution in [1.29, 1.82) is 0 Å². The third-order valence-corrected chi connectivity index (χ3v) is 3.59. The molecule has 0 amide bonds. The zero-order valence-electron chi connectivity index (χ0n) is 9.96. The van der Waals surface area contributed by atoms with Crippen LogP contribution in [0.3, 0.4) is 0 Å². The summed E-state index contributed by atoms with van der Waals surface area (Å²) in [5.74, 6) is -0.180. The van der Waals surface area contributed by atoms with Crippen molar-refractivity contribution in [1.82, 2.24) is 0 Å². The summed E-state index contributed by atoms with van der Waals surface area (Å²) in [6.07, 6.45) is 1.99. The molecule has 0 saturated heterocycles. The van der Waals surface area contributed by atoms with E-state index in [9.17, 15) is 8.42 Å².